The van der Waals surface area contributed by atoms with Crippen LogP contribution in [0.5, 0.6) is 0 Å². The van der Waals surface area contributed by atoms with Crippen LogP contribution in [0.25, 0.3) is 0 Å². The van der Waals surface area contributed by atoms with Crippen molar-refractivity contribution in [1.29, 1.82) is 5.26 Å². The number of carbonyl (C=O) groups excluding carboxylic acids is 1. The Morgan fingerprint density at radius 3 is 3.04 bits per heavy atom. The fourth-order valence-corrected chi connectivity index (χ4v) is 3.43. The van der Waals surface area contributed by atoms with Crippen molar-refractivity contribution in [2.24, 2.45) is 5.92 Å². The number of hydrogen-bond acceptors (Lipinski definition) is 5. The summed E-state index contributed by atoms with van der Waals surface area (Å²) in [5, 5.41) is 9.04. The van der Waals surface area contributed by atoms with Crippen LogP contribution in [0, 0.1) is 17.2 Å². The summed E-state index contributed by atoms with van der Waals surface area (Å²) in [5.74, 6) is 0.282. The van der Waals surface area contributed by atoms with Gasteiger partial charge in [0.15, 0.2) is 0 Å². The molecule has 1 amide bonds. The quantitative estimate of drug-likeness (QED) is 0.802. The van der Waals surface area contributed by atoms with Gasteiger partial charge in [-0.2, -0.15) is 5.26 Å². The first-order valence-corrected chi connectivity index (χ1v) is 8.21. The van der Waals surface area contributed by atoms with Gasteiger partial charge in [0, 0.05) is 39.1 Å². The summed E-state index contributed by atoms with van der Waals surface area (Å²) in [7, 11) is 3.46. The van der Waals surface area contributed by atoms with Crippen molar-refractivity contribution in [1.82, 2.24) is 9.80 Å². The third-order valence-corrected chi connectivity index (χ3v) is 4.82. The van der Waals surface area contributed by atoms with Crippen LogP contribution < -0.4 is 0 Å². The van der Waals surface area contributed by atoms with Gasteiger partial charge in [-0.15, -0.1) is 0 Å². The van der Waals surface area contributed by atoms with Crippen molar-refractivity contribution in [3.8, 4) is 6.07 Å². The standard InChI is InChI=1S/C18H23N3O3/c1-20(2)18(22)12-24-17-9-21(16-11-23-10-15(16)17)8-14-5-3-4-13(6-14)7-19/h3-6,15-17H,8-12H2,1-2H3/t15-,16+,17-/m0/s1. The number of rotatable bonds is 5. The highest BCUT2D eigenvalue weighted by atomic mass is 16.5. The minimum Gasteiger partial charge on any atom is -0.379 e. The van der Waals surface area contributed by atoms with E-state index in [1.165, 1.54) is 0 Å². The summed E-state index contributed by atoms with van der Waals surface area (Å²) in [4.78, 5) is 15.7. The van der Waals surface area contributed by atoms with E-state index < -0.39 is 0 Å². The van der Waals surface area contributed by atoms with Crippen LogP contribution in [0.4, 0.5) is 0 Å². The number of carbonyl (C=O) groups is 1. The van der Waals surface area contributed by atoms with E-state index in [4.69, 9.17) is 14.7 Å². The molecular formula is C18H23N3O3. The predicted molar refractivity (Wildman–Crippen MR) is 88.1 cm³/mol. The smallest absolute Gasteiger partial charge is 0.248 e. The highest BCUT2D eigenvalue weighted by Gasteiger charge is 2.46. The second-order valence-corrected chi connectivity index (χ2v) is 6.65. The lowest BCUT2D eigenvalue weighted by molar-refractivity contribution is -0.136. The molecule has 24 heavy (non-hydrogen) atoms. The molecule has 2 heterocycles. The molecule has 128 valence electrons. The van der Waals surface area contributed by atoms with Crippen molar-refractivity contribution in [3.05, 3.63) is 35.4 Å². The third kappa shape index (κ3) is 3.59. The van der Waals surface area contributed by atoms with E-state index in [9.17, 15) is 4.79 Å². The van der Waals surface area contributed by atoms with Crippen LogP contribution in [0.1, 0.15) is 11.1 Å². The molecule has 6 nitrogen and oxygen atoms in total. The molecule has 6 heteroatoms. The number of likely N-dealkylation sites (tertiary alicyclic amines) is 1. The van der Waals surface area contributed by atoms with E-state index in [1.807, 2.05) is 24.3 Å². The van der Waals surface area contributed by atoms with Gasteiger partial charge in [0.2, 0.25) is 5.91 Å². The van der Waals surface area contributed by atoms with E-state index in [2.05, 4.69) is 11.0 Å². The molecule has 2 saturated heterocycles. The van der Waals surface area contributed by atoms with Crippen LogP contribution in [-0.2, 0) is 20.8 Å². The van der Waals surface area contributed by atoms with Crippen LogP contribution in [0.3, 0.4) is 0 Å². The van der Waals surface area contributed by atoms with Crippen molar-refractivity contribution in [2.45, 2.75) is 18.7 Å². The molecule has 0 radical (unpaired) electrons. The third-order valence-electron chi connectivity index (χ3n) is 4.82. The van der Waals surface area contributed by atoms with Crippen molar-refractivity contribution < 1.29 is 14.3 Å². The molecule has 2 aliphatic rings. The maximum Gasteiger partial charge on any atom is 0.248 e. The van der Waals surface area contributed by atoms with E-state index >= 15 is 0 Å². The first-order valence-electron chi connectivity index (χ1n) is 8.21. The van der Waals surface area contributed by atoms with Crippen LogP contribution in [0.2, 0.25) is 0 Å². The van der Waals surface area contributed by atoms with E-state index in [-0.39, 0.29) is 18.6 Å². The zero-order chi connectivity index (χ0) is 17.1. The first-order chi connectivity index (χ1) is 11.6. The second-order valence-electron chi connectivity index (χ2n) is 6.65. The molecule has 0 unspecified atom stereocenters. The molecule has 0 spiro atoms. The van der Waals surface area contributed by atoms with Gasteiger partial charge in [-0.3, -0.25) is 9.69 Å². The number of hydrogen-bond donors (Lipinski definition) is 0. The zero-order valence-corrected chi connectivity index (χ0v) is 14.1. The molecule has 2 fully saturated rings. The lowest BCUT2D eigenvalue weighted by Gasteiger charge is -2.22. The van der Waals surface area contributed by atoms with Crippen molar-refractivity contribution in [3.63, 3.8) is 0 Å². The molecule has 0 N–H and O–H groups in total. The van der Waals surface area contributed by atoms with Gasteiger partial charge in [0.1, 0.15) is 6.61 Å². The topological polar surface area (TPSA) is 65.8 Å². The summed E-state index contributed by atoms with van der Waals surface area (Å²) >= 11 is 0. The van der Waals surface area contributed by atoms with Crippen LogP contribution in [0.15, 0.2) is 24.3 Å². The molecule has 0 aliphatic carbocycles. The highest BCUT2D eigenvalue weighted by molar-refractivity contribution is 5.76. The Balaban J connectivity index is 1.64. The number of ether oxygens (including phenoxy) is 2. The van der Waals surface area contributed by atoms with Gasteiger partial charge in [-0.05, 0) is 17.7 Å². The molecular weight excluding hydrogens is 306 g/mol. The Morgan fingerprint density at radius 1 is 1.46 bits per heavy atom. The van der Waals surface area contributed by atoms with Crippen molar-refractivity contribution in [2.75, 3.05) is 40.5 Å². The molecule has 1 aromatic rings. The van der Waals surface area contributed by atoms with E-state index in [1.54, 1.807) is 19.0 Å². The molecule has 0 saturated carbocycles. The number of likely N-dealkylation sites (N-methyl/N-ethyl adjacent to an activating group) is 1. The van der Waals surface area contributed by atoms with Gasteiger partial charge >= 0.3 is 0 Å². The van der Waals surface area contributed by atoms with Gasteiger partial charge in [-0.25, -0.2) is 0 Å². The van der Waals surface area contributed by atoms with Gasteiger partial charge in [0.05, 0.1) is 31.0 Å². The fraction of sp³-hybridized carbons (Fsp3) is 0.556. The Morgan fingerprint density at radius 2 is 2.29 bits per heavy atom. The summed E-state index contributed by atoms with van der Waals surface area (Å²) < 4.78 is 11.5. The normalized spacial score (nSPS) is 26.1. The Labute approximate surface area is 142 Å². The molecule has 3 rings (SSSR count). The molecule has 1 aromatic carbocycles. The number of nitriles is 1. The number of fused-ring (bicyclic) bond motifs is 1. The Bertz CT molecular complexity index is 641. The van der Waals surface area contributed by atoms with E-state index in [0.29, 0.717) is 30.7 Å². The largest absolute Gasteiger partial charge is 0.379 e. The first kappa shape index (κ1) is 16.9. The average molecular weight is 329 g/mol. The summed E-state index contributed by atoms with van der Waals surface area (Å²) in [6.45, 7) is 3.04. The summed E-state index contributed by atoms with van der Waals surface area (Å²) in [6.07, 6.45) is 0.0144. The van der Waals surface area contributed by atoms with Gasteiger partial charge < -0.3 is 14.4 Å². The predicted octanol–water partition coefficient (Wildman–Crippen LogP) is 0.862. The maximum absolute atomic E-state index is 11.8. The van der Waals surface area contributed by atoms with E-state index in [0.717, 1.165) is 18.7 Å². The van der Waals surface area contributed by atoms with Gasteiger partial charge in [-0.1, -0.05) is 12.1 Å². The lowest BCUT2D eigenvalue weighted by Crippen LogP contribution is -2.32. The maximum atomic E-state index is 11.8. The number of benzene rings is 1. The summed E-state index contributed by atoms with van der Waals surface area (Å²) in [6, 6.07) is 10.2. The number of amides is 1. The molecule has 0 bridgehead atoms. The van der Waals surface area contributed by atoms with Crippen LogP contribution in [-0.4, -0.2) is 68.3 Å². The Hall–Kier alpha value is -1.94. The van der Waals surface area contributed by atoms with Crippen LogP contribution >= 0.6 is 0 Å². The lowest BCUT2D eigenvalue weighted by atomic mass is 10.0. The Kier molecular flexibility index (Phi) is 5.14. The van der Waals surface area contributed by atoms with Crippen molar-refractivity contribution >= 4 is 5.91 Å². The monoisotopic (exact) mass is 329 g/mol. The fourth-order valence-electron chi connectivity index (χ4n) is 3.43. The minimum absolute atomic E-state index is 0.0144. The number of nitrogens with zero attached hydrogens (tertiary/aromatic N) is 3. The molecule has 2 aliphatic heterocycles. The zero-order valence-electron chi connectivity index (χ0n) is 14.1. The molecule has 0 aromatic heterocycles. The highest BCUT2D eigenvalue weighted by Crippen LogP contribution is 2.33. The minimum atomic E-state index is -0.0226. The SMILES string of the molecule is CN(C)C(=O)CO[C@H]1CN(Cc2cccc(C#N)c2)[C@@H]2COC[C@H]12. The second kappa shape index (κ2) is 7.31. The summed E-state index contributed by atoms with van der Waals surface area (Å²) in [5.41, 5.74) is 1.79. The molecule has 3 atom stereocenters. The van der Waals surface area contributed by atoms with Gasteiger partial charge in [0.25, 0.3) is 0 Å². The average Bonchev–Trinajstić information content (AvgIpc) is 3.17.